The highest BCUT2D eigenvalue weighted by molar-refractivity contribution is 6.04. The van der Waals surface area contributed by atoms with Crippen molar-refractivity contribution in [1.82, 2.24) is 5.32 Å². The highest BCUT2D eigenvalue weighted by Gasteiger charge is 2.23. The zero-order chi connectivity index (χ0) is 38.0. The van der Waals surface area contributed by atoms with E-state index in [1.807, 2.05) is 72.8 Å². The molecular weight excluding hydrogens is 672 g/mol. The van der Waals surface area contributed by atoms with Crippen LogP contribution < -0.4 is 10.6 Å². The van der Waals surface area contributed by atoms with Crippen molar-refractivity contribution in [3.63, 3.8) is 0 Å². The second kappa shape index (κ2) is 17.1. The van der Waals surface area contributed by atoms with Gasteiger partial charge in [0.05, 0.1) is 24.5 Å². The Morgan fingerprint density at radius 3 is 1.55 bits per heavy atom. The maximum atomic E-state index is 13.0. The Bertz CT molecular complexity index is 2080. The Hall–Kier alpha value is -6.55. The molecule has 5 rings (SSSR count). The van der Waals surface area contributed by atoms with Gasteiger partial charge in [0.1, 0.15) is 0 Å². The molecule has 0 saturated heterocycles. The van der Waals surface area contributed by atoms with Gasteiger partial charge in [-0.2, -0.15) is 0 Å². The summed E-state index contributed by atoms with van der Waals surface area (Å²) in [5.41, 5.74) is 6.44. The van der Waals surface area contributed by atoms with Gasteiger partial charge in [-0.25, -0.2) is 4.79 Å². The molecule has 0 bridgehead atoms. The number of methoxy groups -OCH3 is 1. The van der Waals surface area contributed by atoms with Gasteiger partial charge in [-0.1, -0.05) is 72.8 Å². The summed E-state index contributed by atoms with van der Waals surface area (Å²) < 4.78 is 14.8. The minimum atomic E-state index is -0.701. The van der Waals surface area contributed by atoms with Crippen LogP contribution >= 0.6 is 0 Å². The Kier molecular flexibility index (Phi) is 12.2. The lowest BCUT2D eigenvalue weighted by Crippen LogP contribution is -2.25. The second-order valence-electron chi connectivity index (χ2n) is 13.2. The number of rotatable bonds is 12. The first-order valence-electron chi connectivity index (χ1n) is 16.9. The quantitative estimate of drug-likeness (QED) is 0.0996. The van der Waals surface area contributed by atoms with E-state index >= 15 is 0 Å². The number of esters is 3. The molecule has 0 heterocycles. The van der Waals surface area contributed by atoms with Gasteiger partial charge in [0.2, 0.25) is 6.79 Å². The van der Waals surface area contributed by atoms with Gasteiger partial charge in [-0.05, 0) is 103 Å². The summed E-state index contributed by atoms with van der Waals surface area (Å²) in [6.07, 6.45) is -0.0411. The van der Waals surface area contributed by atoms with Crippen LogP contribution in [0.1, 0.15) is 63.0 Å². The summed E-state index contributed by atoms with van der Waals surface area (Å²) in [5, 5.41) is 5.82. The number of carbonyl (C=O) groups is 5. The molecule has 0 atom stereocenters. The van der Waals surface area contributed by atoms with Crippen LogP contribution in [-0.2, 0) is 36.8 Å². The number of benzene rings is 5. The van der Waals surface area contributed by atoms with E-state index in [0.717, 1.165) is 27.8 Å². The third-order valence-electron chi connectivity index (χ3n) is 8.32. The largest absolute Gasteiger partial charge is 0.465 e. The molecule has 5 aromatic carbocycles. The standard InChI is InChI=1S/C43H40N2O8/c1-43(2,3)42(50)53-27-52-38(46)25-35-7-5-6-8-36(35)26-44-39(47)32-15-9-29(10-16-32)31-21-23-37(24-22-31)45-40(48)33-17-11-28(12-18-33)30-13-19-34(20-14-30)41(49)51-4/h5-24H,25-27H2,1-4H3,(H,44,47)(H,45,48). The molecule has 2 amide bonds. The minimum Gasteiger partial charge on any atom is -0.465 e. The topological polar surface area (TPSA) is 137 Å². The summed E-state index contributed by atoms with van der Waals surface area (Å²) in [5.74, 6) is -1.94. The molecule has 0 unspecified atom stereocenters. The number of hydrogen-bond acceptors (Lipinski definition) is 8. The van der Waals surface area contributed by atoms with E-state index in [9.17, 15) is 24.0 Å². The van der Waals surface area contributed by atoms with Crippen LogP contribution in [0.15, 0.2) is 121 Å². The average Bonchev–Trinajstić information content (AvgIpc) is 3.17. The van der Waals surface area contributed by atoms with E-state index in [0.29, 0.717) is 27.9 Å². The lowest BCUT2D eigenvalue weighted by atomic mass is 9.98. The zero-order valence-electron chi connectivity index (χ0n) is 29.9. The zero-order valence-corrected chi connectivity index (χ0v) is 29.9. The maximum absolute atomic E-state index is 13.0. The van der Waals surface area contributed by atoms with Gasteiger partial charge >= 0.3 is 17.9 Å². The molecule has 0 aromatic heterocycles. The Morgan fingerprint density at radius 1 is 0.566 bits per heavy atom. The van der Waals surface area contributed by atoms with Crippen molar-refractivity contribution in [1.29, 1.82) is 0 Å². The van der Waals surface area contributed by atoms with Crippen molar-refractivity contribution in [3.05, 3.63) is 149 Å². The Balaban J connectivity index is 1.11. The van der Waals surface area contributed by atoms with E-state index in [1.54, 1.807) is 69.3 Å². The SMILES string of the molecule is COC(=O)c1ccc(-c2ccc(C(=O)Nc3ccc(-c4ccc(C(=O)NCc5ccccc5CC(=O)OCOC(=O)C(C)(C)C)cc4)cc3)cc2)cc1. The Labute approximate surface area is 308 Å². The number of carbonyl (C=O) groups excluding carboxylic acids is 5. The summed E-state index contributed by atoms with van der Waals surface area (Å²) in [6, 6.07) is 36.1. The first-order valence-corrected chi connectivity index (χ1v) is 16.9. The summed E-state index contributed by atoms with van der Waals surface area (Å²) >= 11 is 0. The highest BCUT2D eigenvalue weighted by Crippen LogP contribution is 2.24. The molecule has 0 aliphatic rings. The van der Waals surface area contributed by atoms with E-state index < -0.39 is 30.1 Å². The molecule has 0 aliphatic heterocycles. The number of amides is 2. The predicted molar refractivity (Wildman–Crippen MR) is 201 cm³/mol. The van der Waals surface area contributed by atoms with Crippen LogP contribution in [0.5, 0.6) is 0 Å². The molecule has 0 aliphatic carbocycles. The molecule has 0 fully saturated rings. The molecular formula is C43H40N2O8. The summed E-state index contributed by atoms with van der Waals surface area (Å²) in [7, 11) is 1.34. The molecule has 0 radical (unpaired) electrons. The van der Waals surface area contributed by atoms with Crippen molar-refractivity contribution in [2.24, 2.45) is 5.41 Å². The van der Waals surface area contributed by atoms with Crippen LogP contribution in [0.3, 0.4) is 0 Å². The molecule has 53 heavy (non-hydrogen) atoms. The van der Waals surface area contributed by atoms with Gasteiger partial charge < -0.3 is 24.8 Å². The fourth-order valence-electron chi connectivity index (χ4n) is 5.25. The third-order valence-corrected chi connectivity index (χ3v) is 8.32. The second-order valence-corrected chi connectivity index (χ2v) is 13.2. The minimum absolute atomic E-state index is 0.0411. The fraction of sp³-hybridized carbons (Fsp3) is 0.186. The van der Waals surface area contributed by atoms with Crippen molar-refractivity contribution in [3.8, 4) is 22.3 Å². The van der Waals surface area contributed by atoms with Gasteiger partial charge in [0, 0.05) is 23.4 Å². The van der Waals surface area contributed by atoms with Crippen molar-refractivity contribution in [2.75, 3.05) is 19.2 Å². The molecule has 10 nitrogen and oxygen atoms in total. The normalized spacial score (nSPS) is 10.9. The predicted octanol–water partition coefficient (Wildman–Crippen LogP) is 7.62. The van der Waals surface area contributed by atoms with Crippen LogP contribution in [0, 0.1) is 5.41 Å². The first-order chi connectivity index (χ1) is 25.4. The molecule has 5 aromatic rings. The molecule has 0 saturated carbocycles. The van der Waals surface area contributed by atoms with Gasteiger partial charge in [0.15, 0.2) is 0 Å². The van der Waals surface area contributed by atoms with Gasteiger partial charge in [-0.3, -0.25) is 19.2 Å². The number of ether oxygens (including phenoxy) is 3. The van der Waals surface area contributed by atoms with Crippen LogP contribution in [0.25, 0.3) is 22.3 Å². The lowest BCUT2D eigenvalue weighted by Gasteiger charge is -2.16. The van der Waals surface area contributed by atoms with Crippen LogP contribution in [0.4, 0.5) is 5.69 Å². The van der Waals surface area contributed by atoms with Crippen LogP contribution in [-0.4, -0.2) is 43.6 Å². The molecule has 0 spiro atoms. The number of anilines is 1. The Morgan fingerprint density at radius 2 is 1.04 bits per heavy atom. The highest BCUT2D eigenvalue weighted by atomic mass is 16.7. The lowest BCUT2D eigenvalue weighted by molar-refractivity contribution is -0.172. The maximum Gasteiger partial charge on any atom is 0.337 e. The van der Waals surface area contributed by atoms with Crippen molar-refractivity contribution < 1.29 is 38.2 Å². The smallest absolute Gasteiger partial charge is 0.337 e. The average molecular weight is 713 g/mol. The molecule has 10 heteroatoms. The summed E-state index contributed by atoms with van der Waals surface area (Å²) in [4.78, 5) is 61.9. The van der Waals surface area contributed by atoms with E-state index in [1.165, 1.54) is 7.11 Å². The third kappa shape index (κ3) is 10.3. The van der Waals surface area contributed by atoms with Crippen LogP contribution in [0.2, 0.25) is 0 Å². The van der Waals surface area contributed by atoms with E-state index in [2.05, 4.69) is 10.6 Å². The van der Waals surface area contributed by atoms with Crippen molar-refractivity contribution >= 4 is 35.4 Å². The number of hydrogen-bond donors (Lipinski definition) is 2. The molecule has 2 N–H and O–H groups in total. The van der Waals surface area contributed by atoms with E-state index in [-0.39, 0.29) is 24.8 Å². The van der Waals surface area contributed by atoms with Gasteiger partial charge in [-0.15, -0.1) is 0 Å². The van der Waals surface area contributed by atoms with E-state index in [4.69, 9.17) is 14.2 Å². The van der Waals surface area contributed by atoms with Crippen molar-refractivity contribution in [2.45, 2.75) is 33.7 Å². The monoisotopic (exact) mass is 712 g/mol. The van der Waals surface area contributed by atoms with Gasteiger partial charge in [0.25, 0.3) is 11.8 Å². The summed E-state index contributed by atoms with van der Waals surface area (Å²) in [6.45, 7) is 4.87. The fourth-order valence-corrected chi connectivity index (χ4v) is 5.25. The molecule has 270 valence electrons. The number of nitrogens with one attached hydrogen (secondary N) is 2. The first kappa shape index (κ1) is 37.7.